The monoisotopic (exact) mass is 500 g/mol. The molecule has 10 nitrogen and oxygen atoms in total. The van der Waals surface area contributed by atoms with Gasteiger partial charge in [-0.15, -0.1) is 0 Å². The smallest absolute Gasteiger partial charge is 0.306 e. The third-order valence-corrected chi connectivity index (χ3v) is 6.64. The molecule has 3 heterocycles. The average Bonchev–Trinajstić information content (AvgIpc) is 3.40. The molecule has 4 aromatic rings. The van der Waals surface area contributed by atoms with Gasteiger partial charge in [0, 0.05) is 29.0 Å². The summed E-state index contributed by atoms with van der Waals surface area (Å²) in [4.78, 5) is 40.5. The number of halogens is 2. The van der Waals surface area contributed by atoms with Crippen molar-refractivity contribution in [2.45, 2.75) is 17.6 Å². The predicted octanol–water partition coefficient (Wildman–Crippen LogP) is 3.96. The van der Waals surface area contributed by atoms with Crippen LogP contribution in [0.25, 0.3) is 16.7 Å². The van der Waals surface area contributed by atoms with Crippen molar-refractivity contribution in [1.29, 1.82) is 0 Å². The van der Waals surface area contributed by atoms with Crippen molar-refractivity contribution in [3.05, 3.63) is 80.0 Å². The Kier molecular flexibility index (Phi) is 5.54. The first-order valence-corrected chi connectivity index (χ1v) is 11.3. The van der Waals surface area contributed by atoms with E-state index in [-0.39, 0.29) is 17.7 Å². The van der Waals surface area contributed by atoms with Crippen LogP contribution in [0.1, 0.15) is 12.5 Å². The normalized spacial score (nSPS) is 14.8. The maximum atomic E-state index is 13.5. The van der Waals surface area contributed by atoms with Crippen molar-refractivity contribution in [1.82, 2.24) is 19.3 Å². The molecule has 0 bridgehead atoms. The van der Waals surface area contributed by atoms with E-state index in [9.17, 15) is 24.1 Å². The van der Waals surface area contributed by atoms with Crippen LogP contribution >= 0.6 is 23.4 Å². The summed E-state index contributed by atoms with van der Waals surface area (Å²) in [5.74, 6) is -1.02. The Morgan fingerprint density at radius 1 is 1.29 bits per heavy atom. The van der Waals surface area contributed by atoms with Crippen LogP contribution in [0.4, 0.5) is 15.8 Å². The van der Waals surface area contributed by atoms with Gasteiger partial charge < -0.3 is 5.32 Å². The van der Waals surface area contributed by atoms with Crippen molar-refractivity contribution in [3.63, 3.8) is 0 Å². The van der Waals surface area contributed by atoms with Gasteiger partial charge in [-0.25, -0.2) is 9.67 Å². The van der Waals surface area contributed by atoms with Crippen molar-refractivity contribution in [3.8, 4) is 5.69 Å². The molecule has 2 aromatic carbocycles. The molecule has 1 amide bonds. The van der Waals surface area contributed by atoms with Gasteiger partial charge in [0.05, 0.1) is 22.8 Å². The lowest BCUT2D eigenvalue weighted by molar-refractivity contribution is -0.387. The minimum atomic E-state index is -0.995. The SMILES string of the molecule is O=C(CC1CSc2nc3c(cnn3-c3ccc(Cl)cc3)c(=O)n21)Nc1ccc(F)c([N+](=O)[O-])c1. The van der Waals surface area contributed by atoms with Gasteiger partial charge in [0.2, 0.25) is 11.7 Å². The van der Waals surface area contributed by atoms with E-state index in [1.54, 1.807) is 28.9 Å². The van der Waals surface area contributed by atoms with Crippen molar-refractivity contribution in [2.75, 3.05) is 11.1 Å². The van der Waals surface area contributed by atoms with E-state index in [1.165, 1.54) is 28.6 Å². The van der Waals surface area contributed by atoms with Gasteiger partial charge in [-0.05, 0) is 36.4 Å². The number of hydrogen-bond acceptors (Lipinski definition) is 7. The van der Waals surface area contributed by atoms with E-state index < -0.39 is 28.4 Å². The van der Waals surface area contributed by atoms with E-state index in [0.29, 0.717) is 32.7 Å². The number of rotatable bonds is 5. The summed E-state index contributed by atoms with van der Waals surface area (Å²) in [6.07, 6.45) is 1.37. The minimum Gasteiger partial charge on any atom is -0.326 e. The number of nitrogens with one attached hydrogen (secondary N) is 1. The standard InChI is InChI=1S/C21H14ClFN6O4S/c22-11-1-4-13(5-2-11)28-19-15(9-24-28)20(31)27-14(10-34-21(27)26-19)8-18(30)25-12-3-6-16(23)17(7-12)29(32)33/h1-7,9,14H,8,10H2,(H,25,30). The molecule has 13 heteroatoms. The number of nitro groups is 1. The molecule has 1 unspecified atom stereocenters. The van der Waals surface area contributed by atoms with Crippen LogP contribution in [-0.2, 0) is 4.79 Å². The number of hydrogen-bond donors (Lipinski definition) is 1. The Morgan fingerprint density at radius 2 is 2.06 bits per heavy atom. The highest BCUT2D eigenvalue weighted by Crippen LogP contribution is 2.34. The third kappa shape index (κ3) is 3.90. The third-order valence-electron chi connectivity index (χ3n) is 5.29. The van der Waals surface area contributed by atoms with Gasteiger partial charge in [-0.3, -0.25) is 24.3 Å². The Hall–Kier alpha value is -3.77. The number of aromatic nitrogens is 4. The average molecular weight is 501 g/mol. The largest absolute Gasteiger partial charge is 0.326 e. The highest BCUT2D eigenvalue weighted by Gasteiger charge is 2.30. The molecule has 0 saturated heterocycles. The fourth-order valence-corrected chi connectivity index (χ4v) is 4.96. The number of anilines is 1. The van der Waals surface area contributed by atoms with E-state index >= 15 is 0 Å². The number of amides is 1. The number of thioether (sulfide) groups is 1. The minimum absolute atomic E-state index is 0.0659. The summed E-state index contributed by atoms with van der Waals surface area (Å²) in [5, 5.41) is 19.1. The van der Waals surface area contributed by atoms with Crippen molar-refractivity contribution >= 4 is 51.7 Å². The Bertz CT molecular complexity index is 1520. The van der Waals surface area contributed by atoms with Gasteiger partial charge >= 0.3 is 5.69 Å². The zero-order valence-corrected chi connectivity index (χ0v) is 18.7. The molecule has 0 radical (unpaired) electrons. The van der Waals surface area contributed by atoms with E-state index in [2.05, 4.69) is 15.4 Å². The zero-order valence-electron chi connectivity index (χ0n) is 17.1. The maximum absolute atomic E-state index is 13.5. The molecule has 0 spiro atoms. The molecule has 0 saturated carbocycles. The van der Waals surface area contributed by atoms with E-state index in [4.69, 9.17) is 11.6 Å². The van der Waals surface area contributed by atoms with Crippen LogP contribution in [0.5, 0.6) is 0 Å². The quantitative estimate of drug-likeness (QED) is 0.250. The van der Waals surface area contributed by atoms with Crippen LogP contribution in [-0.4, -0.2) is 35.9 Å². The topological polar surface area (TPSA) is 125 Å². The van der Waals surface area contributed by atoms with Crippen molar-refractivity contribution in [2.24, 2.45) is 0 Å². The zero-order chi connectivity index (χ0) is 24.0. The maximum Gasteiger partial charge on any atom is 0.306 e. The molecule has 0 fully saturated rings. The number of fused-ring (bicyclic) bond motifs is 2. The highest BCUT2D eigenvalue weighted by molar-refractivity contribution is 7.99. The molecule has 172 valence electrons. The molecule has 1 aliphatic heterocycles. The number of nitrogens with zero attached hydrogens (tertiary/aromatic N) is 5. The Balaban J connectivity index is 1.41. The van der Waals surface area contributed by atoms with Crippen LogP contribution in [0.15, 0.2) is 58.6 Å². The lowest BCUT2D eigenvalue weighted by Gasteiger charge is -2.13. The first-order chi connectivity index (χ1) is 16.3. The summed E-state index contributed by atoms with van der Waals surface area (Å²) in [6.45, 7) is 0. The highest BCUT2D eigenvalue weighted by atomic mass is 35.5. The second kappa shape index (κ2) is 8.54. The Labute approximate surface area is 199 Å². The second-order valence-electron chi connectivity index (χ2n) is 7.48. The van der Waals surface area contributed by atoms with Gasteiger partial charge in [0.1, 0.15) is 5.39 Å². The summed E-state index contributed by atoms with van der Waals surface area (Å²) < 4.78 is 16.6. The van der Waals surface area contributed by atoms with Crippen LogP contribution in [0, 0.1) is 15.9 Å². The molecule has 1 aliphatic rings. The molecular formula is C21H14ClFN6O4S. The molecule has 0 aliphatic carbocycles. The van der Waals surface area contributed by atoms with Crippen LogP contribution in [0.2, 0.25) is 5.02 Å². The first-order valence-electron chi connectivity index (χ1n) is 9.94. The second-order valence-corrected chi connectivity index (χ2v) is 8.90. The number of carbonyl (C=O) groups excluding carboxylic acids is 1. The van der Waals surface area contributed by atoms with E-state index in [0.717, 1.165) is 12.1 Å². The molecule has 2 aromatic heterocycles. The summed E-state index contributed by atoms with van der Waals surface area (Å²) in [7, 11) is 0. The molecule has 1 atom stereocenters. The van der Waals surface area contributed by atoms with Gasteiger partial charge in [-0.1, -0.05) is 23.4 Å². The molecule has 34 heavy (non-hydrogen) atoms. The fraction of sp³-hybridized carbons (Fsp3) is 0.143. The predicted molar refractivity (Wildman–Crippen MR) is 124 cm³/mol. The van der Waals surface area contributed by atoms with Gasteiger partial charge in [-0.2, -0.15) is 9.49 Å². The lowest BCUT2D eigenvalue weighted by atomic mass is 10.2. The summed E-state index contributed by atoms with van der Waals surface area (Å²) in [6, 6.07) is 9.58. The summed E-state index contributed by atoms with van der Waals surface area (Å²) >= 11 is 7.29. The Morgan fingerprint density at radius 3 is 2.79 bits per heavy atom. The fourth-order valence-electron chi connectivity index (χ4n) is 3.71. The van der Waals surface area contributed by atoms with E-state index in [1.807, 2.05) is 0 Å². The van der Waals surface area contributed by atoms with Crippen LogP contribution < -0.4 is 10.9 Å². The van der Waals surface area contributed by atoms with Crippen molar-refractivity contribution < 1.29 is 14.1 Å². The lowest BCUT2D eigenvalue weighted by Crippen LogP contribution is -2.27. The van der Waals surface area contributed by atoms with Gasteiger partial charge in [0.15, 0.2) is 10.8 Å². The number of benzene rings is 2. The van der Waals surface area contributed by atoms with Gasteiger partial charge in [0.25, 0.3) is 5.56 Å². The molecule has 1 N–H and O–H groups in total. The summed E-state index contributed by atoms with van der Waals surface area (Å²) in [5.41, 5.74) is 0.132. The number of nitro benzene ring substituents is 1. The molecular weight excluding hydrogens is 487 g/mol. The first kappa shape index (κ1) is 22.0. The number of carbonyl (C=O) groups is 1. The van der Waals surface area contributed by atoms with Crippen LogP contribution in [0.3, 0.4) is 0 Å². The molecule has 5 rings (SSSR count).